The van der Waals surface area contributed by atoms with E-state index >= 15 is 0 Å². The molecule has 29 heavy (non-hydrogen) atoms. The van der Waals surface area contributed by atoms with Crippen molar-refractivity contribution in [2.45, 2.75) is 44.8 Å². The second-order valence-electron chi connectivity index (χ2n) is 6.93. The third kappa shape index (κ3) is 5.48. The van der Waals surface area contributed by atoms with Crippen LogP contribution in [0.3, 0.4) is 0 Å². The normalized spacial score (nSPS) is 20.0. The van der Waals surface area contributed by atoms with E-state index in [-0.39, 0.29) is 0 Å². The van der Waals surface area contributed by atoms with Crippen LogP contribution in [0.25, 0.3) is 0 Å². The third-order valence-electron chi connectivity index (χ3n) is 5.13. The number of carbonyl (C=O) groups is 2. The molecule has 1 fully saturated rings. The predicted octanol–water partition coefficient (Wildman–Crippen LogP) is 2.17. The Hall–Kier alpha value is -2.58. The first kappa shape index (κ1) is 22.7. The molecule has 1 saturated heterocycles. The minimum absolute atomic E-state index is 0.353. The zero-order valence-corrected chi connectivity index (χ0v) is 16.8. The average molecular weight is 407 g/mol. The number of ether oxygens (including phenoxy) is 2. The summed E-state index contributed by atoms with van der Waals surface area (Å²) in [4.78, 5) is 25.2. The van der Waals surface area contributed by atoms with Crippen LogP contribution in [0.15, 0.2) is 35.9 Å². The first-order valence-electron chi connectivity index (χ1n) is 9.82. The van der Waals surface area contributed by atoms with Crippen LogP contribution < -0.4 is 9.47 Å². The number of piperidine rings is 1. The quantitative estimate of drug-likeness (QED) is 0.505. The maximum absolute atomic E-state index is 11.9. The number of carboxylic acids is 2. The summed E-state index contributed by atoms with van der Waals surface area (Å²) in [7, 11) is 0. The van der Waals surface area contributed by atoms with Gasteiger partial charge in [-0.3, -0.25) is 4.90 Å². The molecular formula is C21H29NO7. The van der Waals surface area contributed by atoms with Crippen LogP contribution in [0.2, 0.25) is 0 Å². The molecule has 1 aromatic rings. The summed E-state index contributed by atoms with van der Waals surface area (Å²) >= 11 is 0. The number of likely N-dealkylation sites (tertiary alicyclic amines) is 1. The molecule has 2 rings (SSSR count). The molecule has 1 aliphatic heterocycles. The molecule has 0 spiro atoms. The molecular weight excluding hydrogens is 378 g/mol. The van der Waals surface area contributed by atoms with Gasteiger partial charge in [0.05, 0.1) is 12.2 Å². The Labute approximate surface area is 170 Å². The smallest absolute Gasteiger partial charge is 0.334 e. The molecule has 0 radical (unpaired) electrons. The van der Waals surface area contributed by atoms with Gasteiger partial charge in [-0.2, -0.15) is 0 Å². The van der Waals surface area contributed by atoms with E-state index in [1.807, 2.05) is 18.7 Å². The number of carboxylic acid groups (broad SMARTS) is 2. The Balaban J connectivity index is 2.44. The molecule has 3 N–H and O–H groups in total. The molecule has 160 valence electrons. The van der Waals surface area contributed by atoms with Crippen LogP contribution in [-0.2, 0) is 9.59 Å². The highest BCUT2D eigenvalue weighted by Gasteiger charge is 2.48. The van der Waals surface area contributed by atoms with E-state index in [1.54, 1.807) is 24.3 Å². The molecule has 2 atom stereocenters. The Bertz CT molecular complexity index is 748. The van der Waals surface area contributed by atoms with Crippen molar-refractivity contribution in [3.8, 4) is 11.5 Å². The molecule has 1 heterocycles. The first-order valence-corrected chi connectivity index (χ1v) is 9.82. The maximum Gasteiger partial charge on any atom is 0.334 e. The number of aliphatic carboxylic acids is 2. The Morgan fingerprint density at radius 3 is 2.38 bits per heavy atom. The lowest BCUT2D eigenvalue weighted by Gasteiger charge is -2.45. The molecule has 8 nitrogen and oxygen atoms in total. The Kier molecular flexibility index (Phi) is 8.04. The zero-order valence-electron chi connectivity index (χ0n) is 16.8. The van der Waals surface area contributed by atoms with Crippen molar-refractivity contribution >= 4 is 11.9 Å². The number of likely N-dealkylation sites (N-methyl/N-ethyl adjacent to an activating group) is 1. The number of aliphatic hydroxyl groups is 1. The molecule has 0 bridgehead atoms. The van der Waals surface area contributed by atoms with Crippen molar-refractivity contribution in [1.82, 2.24) is 4.90 Å². The van der Waals surface area contributed by atoms with Crippen LogP contribution in [-0.4, -0.2) is 70.1 Å². The van der Waals surface area contributed by atoms with Crippen LogP contribution in [0.1, 0.15) is 33.1 Å². The van der Waals surface area contributed by atoms with Crippen LogP contribution >= 0.6 is 0 Å². The fraction of sp³-hybridized carbons (Fsp3) is 0.524. The lowest BCUT2D eigenvalue weighted by molar-refractivity contribution is -0.140. The largest absolute Gasteiger partial charge is 0.490 e. The third-order valence-corrected chi connectivity index (χ3v) is 5.13. The van der Waals surface area contributed by atoms with E-state index < -0.39 is 35.8 Å². The standard InChI is InChI=1S/C21H29NO7/c1-3-22-12-8-7-11-18(22)21(27,15(20(25)26)13-19(23)24)14-29-17-10-6-5-9-16(17)28-4-2/h5-6,9-10,13,18,27H,3-4,7-8,11-12,14H2,1-2H3,(H,23,24)(H,25,26)/b15-13+. The SMILES string of the molecule is CCOc1ccccc1OCC(O)(/C(=C/C(=O)O)C(=O)O)C1CCCCN1CC. The van der Waals surface area contributed by atoms with Crippen molar-refractivity contribution in [3.63, 3.8) is 0 Å². The lowest BCUT2D eigenvalue weighted by atomic mass is 9.80. The van der Waals surface area contributed by atoms with E-state index in [2.05, 4.69) is 0 Å². The van der Waals surface area contributed by atoms with Crippen LogP contribution in [0.4, 0.5) is 0 Å². The number of hydrogen-bond donors (Lipinski definition) is 3. The van der Waals surface area contributed by atoms with Gasteiger partial charge in [-0.25, -0.2) is 9.59 Å². The van der Waals surface area contributed by atoms with Crippen molar-refractivity contribution in [1.29, 1.82) is 0 Å². The zero-order chi connectivity index (χ0) is 21.4. The number of nitrogens with zero attached hydrogens (tertiary/aromatic N) is 1. The van der Waals surface area contributed by atoms with Gasteiger partial charge in [0.2, 0.25) is 0 Å². The Morgan fingerprint density at radius 2 is 1.83 bits per heavy atom. The van der Waals surface area contributed by atoms with Crippen molar-refractivity contribution in [2.75, 3.05) is 26.3 Å². The van der Waals surface area contributed by atoms with Gasteiger partial charge in [-0.1, -0.05) is 25.5 Å². The highest BCUT2D eigenvalue weighted by molar-refractivity contribution is 5.96. The van der Waals surface area contributed by atoms with E-state index in [0.29, 0.717) is 43.7 Å². The van der Waals surface area contributed by atoms with Gasteiger partial charge in [0.15, 0.2) is 11.5 Å². The van der Waals surface area contributed by atoms with Crippen molar-refractivity contribution < 1.29 is 34.4 Å². The number of hydrogen-bond acceptors (Lipinski definition) is 6. The van der Waals surface area contributed by atoms with Gasteiger partial charge in [0.25, 0.3) is 0 Å². The van der Waals surface area contributed by atoms with E-state index in [4.69, 9.17) is 9.47 Å². The first-order chi connectivity index (χ1) is 13.8. The van der Waals surface area contributed by atoms with E-state index in [0.717, 1.165) is 12.8 Å². The molecule has 0 saturated carbocycles. The summed E-state index contributed by atoms with van der Waals surface area (Å²) in [5, 5.41) is 30.5. The summed E-state index contributed by atoms with van der Waals surface area (Å²) in [5.41, 5.74) is -2.61. The average Bonchev–Trinajstić information content (AvgIpc) is 2.71. The highest BCUT2D eigenvalue weighted by Crippen LogP contribution is 2.34. The van der Waals surface area contributed by atoms with E-state index in [9.17, 15) is 24.9 Å². The highest BCUT2D eigenvalue weighted by atomic mass is 16.5. The van der Waals surface area contributed by atoms with E-state index in [1.165, 1.54) is 0 Å². The molecule has 0 aromatic heterocycles. The van der Waals surface area contributed by atoms with Gasteiger partial charge >= 0.3 is 11.9 Å². The number of rotatable bonds is 10. The van der Waals surface area contributed by atoms with Crippen molar-refractivity contribution in [2.24, 2.45) is 0 Å². The Morgan fingerprint density at radius 1 is 1.17 bits per heavy atom. The summed E-state index contributed by atoms with van der Waals surface area (Å²) in [6.45, 7) is 5.04. The summed E-state index contributed by atoms with van der Waals surface area (Å²) in [5.74, 6) is -2.10. The van der Waals surface area contributed by atoms with Gasteiger partial charge in [-0.05, 0) is 45.0 Å². The molecule has 8 heteroatoms. The molecule has 1 aromatic carbocycles. The fourth-order valence-electron chi connectivity index (χ4n) is 3.79. The monoisotopic (exact) mass is 407 g/mol. The topological polar surface area (TPSA) is 117 Å². The number of benzene rings is 1. The summed E-state index contributed by atoms with van der Waals surface area (Å²) < 4.78 is 11.3. The molecule has 0 aliphatic carbocycles. The summed E-state index contributed by atoms with van der Waals surface area (Å²) in [6.07, 6.45) is 2.83. The minimum atomic E-state index is -2.01. The molecule has 1 aliphatic rings. The van der Waals surface area contributed by atoms with Crippen molar-refractivity contribution in [3.05, 3.63) is 35.9 Å². The minimum Gasteiger partial charge on any atom is -0.490 e. The van der Waals surface area contributed by atoms with Gasteiger partial charge in [-0.15, -0.1) is 0 Å². The van der Waals surface area contributed by atoms with Gasteiger partial charge < -0.3 is 24.8 Å². The fourth-order valence-corrected chi connectivity index (χ4v) is 3.79. The van der Waals surface area contributed by atoms with Crippen LogP contribution in [0, 0.1) is 0 Å². The predicted molar refractivity (Wildman–Crippen MR) is 106 cm³/mol. The maximum atomic E-state index is 11.9. The summed E-state index contributed by atoms with van der Waals surface area (Å²) in [6, 6.07) is 6.30. The lowest BCUT2D eigenvalue weighted by Crippen LogP contribution is -2.59. The van der Waals surface area contributed by atoms with Gasteiger partial charge in [0, 0.05) is 12.1 Å². The second kappa shape index (κ2) is 10.3. The molecule has 0 amide bonds. The number of para-hydroxylation sites is 2. The van der Waals surface area contributed by atoms with Crippen LogP contribution in [0.5, 0.6) is 11.5 Å². The van der Waals surface area contributed by atoms with Gasteiger partial charge in [0.1, 0.15) is 12.2 Å². The molecule has 2 unspecified atom stereocenters. The second-order valence-corrected chi connectivity index (χ2v) is 6.93.